The van der Waals surface area contributed by atoms with Crippen molar-refractivity contribution in [2.75, 3.05) is 57.4 Å². The summed E-state index contributed by atoms with van der Waals surface area (Å²) in [7, 11) is 2.14. The van der Waals surface area contributed by atoms with Gasteiger partial charge in [0.2, 0.25) is 0 Å². The minimum absolute atomic E-state index is 0.288. The van der Waals surface area contributed by atoms with Crippen LogP contribution < -0.4 is 21.1 Å². The number of nitrogen functional groups attached to an aromatic ring is 1. The molecular formula is C20H27ClN6O2. The predicted octanol–water partition coefficient (Wildman–Crippen LogP) is 2.87. The van der Waals surface area contributed by atoms with E-state index >= 15 is 0 Å². The number of nitrogens with one attached hydrogen (secondary N) is 2. The number of nitrogens with zero attached hydrogens (tertiary/aromatic N) is 3. The molecule has 1 aliphatic heterocycles. The van der Waals surface area contributed by atoms with Gasteiger partial charge >= 0.3 is 6.03 Å². The average molecular weight is 419 g/mol. The quantitative estimate of drug-likeness (QED) is 0.472. The zero-order chi connectivity index (χ0) is 20.6. The number of hydrogen-bond donors (Lipinski definition) is 3. The van der Waals surface area contributed by atoms with Crippen molar-refractivity contribution in [2.45, 2.75) is 6.42 Å². The van der Waals surface area contributed by atoms with E-state index in [-0.39, 0.29) is 6.03 Å². The van der Waals surface area contributed by atoms with Gasteiger partial charge in [0.25, 0.3) is 0 Å². The van der Waals surface area contributed by atoms with E-state index in [4.69, 9.17) is 22.1 Å². The van der Waals surface area contributed by atoms with E-state index in [0.29, 0.717) is 34.6 Å². The first-order chi connectivity index (χ1) is 14.0. The highest BCUT2D eigenvalue weighted by Crippen LogP contribution is 2.28. The number of ether oxygens (including phenoxy) is 1. The third-order valence-corrected chi connectivity index (χ3v) is 5.04. The van der Waals surface area contributed by atoms with Crippen LogP contribution in [0.5, 0.6) is 11.5 Å². The number of rotatable bonds is 7. The van der Waals surface area contributed by atoms with Crippen LogP contribution >= 0.6 is 11.6 Å². The van der Waals surface area contributed by atoms with Gasteiger partial charge in [-0.2, -0.15) is 0 Å². The average Bonchev–Trinajstić information content (AvgIpc) is 2.70. The van der Waals surface area contributed by atoms with Gasteiger partial charge in [-0.15, -0.1) is 0 Å². The maximum atomic E-state index is 12.1. The van der Waals surface area contributed by atoms with Gasteiger partial charge in [0, 0.05) is 51.1 Å². The Kier molecular flexibility index (Phi) is 7.51. The molecule has 1 aliphatic rings. The second kappa shape index (κ2) is 10.3. The Hall–Kier alpha value is -2.55. The Morgan fingerprint density at radius 1 is 1.21 bits per heavy atom. The molecule has 1 saturated heterocycles. The molecule has 9 heteroatoms. The van der Waals surface area contributed by atoms with Crippen LogP contribution in [0.4, 0.5) is 16.3 Å². The smallest absolute Gasteiger partial charge is 0.320 e. The summed E-state index contributed by atoms with van der Waals surface area (Å²) >= 11 is 6.01. The van der Waals surface area contributed by atoms with Crippen LogP contribution in [0, 0.1) is 0 Å². The fraction of sp³-hybridized carbons (Fsp3) is 0.400. The maximum Gasteiger partial charge on any atom is 0.320 e. The molecule has 8 nitrogen and oxygen atoms in total. The van der Waals surface area contributed by atoms with Crippen LogP contribution in [-0.2, 0) is 0 Å². The number of aromatic nitrogens is 1. The minimum Gasteiger partial charge on any atom is -0.457 e. The molecule has 1 fully saturated rings. The monoisotopic (exact) mass is 418 g/mol. The van der Waals surface area contributed by atoms with Gasteiger partial charge in [0.1, 0.15) is 17.3 Å². The third-order valence-electron chi connectivity index (χ3n) is 4.71. The second-order valence-corrected chi connectivity index (χ2v) is 7.45. The van der Waals surface area contributed by atoms with Crippen molar-refractivity contribution in [3.63, 3.8) is 0 Å². The lowest BCUT2D eigenvalue weighted by Crippen LogP contribution is -2.45. The zero-order valence-corrected chi connectivity index (χ0v) is 17.3. The standard InChI is InChI=1S/C20H27ClN6O2/c1-26-9-11-27(12-10-26)8-2-6-24-20(28)25-19-14-16(5-7-23-19)29-15-3-4-18(22)17(21)13-15/h3-5,7,13-14H,2,6,8-12,22H2,1H3,(H2,23,24,25,28). The highest BCUT2D eigenvalue weighted by Gasteiger charge is 2.13. The molecule has 1 aromatic carbocycles. The molecule has 1 aromatic heterocycles. The molecule has 0 saturated carbocycles. The molecule has 2 aromatic rings. The van der Waals surface area contributed by atoms with Crippen LogP contribution in [0.15, 0.2) is 36.5 Å². The Bertz CT molecular complexity index is 826. The van der Waals surface area contributed by atoms with E-state index in [2.05, 4.69) is 32.5 Å². The number of nitrogens with two attached hydrogens (primary N) is 1. The lowest BCUT2D eigenvalue weighted by Gasteiger charge is -2.32. The minimum atomic E-state index is -0.288. The van der Waals surface area contributed by atoms with Gasteiger partial charge in [-0.05, 0) is 38.2 Å². The number of urea groups is 1. The highest BCUT2D eigenvalue weighted by molar-refractivity contribution is 6.33. The summed E-state index contributed by atoms with van der Waals surface area (Å²) in [6.07, 6.45) is 2.48. The van der Waals surface area contributed by atoms with Crippen molar-refractivity contribution in [1.29, 1.82) is 0 Å². The summed E-state index contributed by atoms with van der Waals surface area (Å²) in [4.78, 5) is 21.0. The summed E-state index contributed by atoms with van der Waals surface area (Å²) < 4.78 is 5.75. The number of carbonyl (C=O) groups excluding carboxylic acids is 1. The second-order valence-electron chi connectivity index (χ2n) is 7.04. The van der Waals surface area contributed by atoms with Gasteiger partial charge in [-0.25, -0.2) is 9.78 Å². The Balaban J connectivity index is 1.42. The number of carbonyl (C=O) groups is 1. The molecule has 0 bridgehead atoms. The SMILES string of the molecule is CN1CCN(CCCNC(=O)Nc2cc(Oc3ccc(N)c(Cl)c3)ccn2)CC1. The summed E-state index contributed by atoms with van der Waals surface area (Å²) in [6.45, 7) is 5.95. The molecule has 3 rings (SSSR count). The van der Waals surface area contributed by atoms with Gasteiger partial charge < -0.3 is 25.6 Å². The number of amides is 2. The molecule has 0 radical (unpaired) electrons. The summed E-state index contributed by atoms with van der Waals surface area (Å²) in [5.41, 5.74) is 6.19. The number of halogens is 1. The number of likely N-dealkylation sites (N-methyl/N-ethyl adjacent to an activating group) is 1. The van der Waals surface area contributed by atoms with Gasteiger partial charge in [-0.1, -0.05) is 11.6 Å². The first-order valence-electron chi connectivity index (χ1n) is 9.64. The maximum absolute atomic E-state index is 12.1. The van der Waals surface area contributed by atoms with Gasteiger partial charge in [0.15, 0.2) is 0 Å². The third kappa shape index (κ3) is 6.77. The lowest BCUT2D eigenvalue weighted by atomic mass is 10.3. The molecule has 156 valence electrons. The number of anilines is 2. The first kappa shape index (κ1) is 21.2. The molecule has 2 heterocycles. The summed E-state index contributed by atoms with van der Waals surface area (Å²) in [5, 5.41) is 6.01. The number of hydrogen-bond acceptors (Lipinski definition) is 6. The fourth-order valence-corrected chi connectivity index (χ4v) is 3.16. The van der Waals surface area contributed by atoms with E-state index in [1.807, 2.05) is 0 Å². The van der Waals surface area contributed by atoms with E-state index in [1.54, 1.807) is 36.5 Å². The summed E-state index contributed by atoms with van der Waals surface area (Å²) in [6, 6.07) is 8.09. The van der Waals surface area contributed by atoms with Crippen molar-refractivity contribution < 1.29 is 9.53 Å². The molecule has 0 unspecified atom stereocenters. The Labute approximate surface area is 176 Å². The highest BCUT2D eigenvalue weighted by atomic mass is 35.5. The van der Waals surface area contributed by atoms with Crippen LogP contribution in [0.3, 0.4) is 0 Å². The predicted molar refractivity (Wildman–Crippen MR) is 116 cm³/mol. The molecule has 0 spiro atoms. The number of piperazine rings is 1. The van der Waals surface area contributed by atoms with Crippen molar-refractivity contribution in [3.8, 4) is 11.5 Å². The molecule has 0 atom stereocenters. The fourth-order valence-electron chi connectivity index (χ4n) is 2.99. The van der Waals surface area contributed by atoms with E-state index in [9.17, 15) is 4.79 Å². The molecular weight excluding hydrogens is 392 g/mol. The molecule has 29 heavy (non-hydrogen) atoms. The molecule has 0 aliphatic carbocycles. The van der Waals surface area contributed by atoms with Crippen molar-refractivity contribution in [3.05, 3.63) is 41.6 Å². The van der Waals surface area contributed by atoms with E-state index in [1.165, 1.54) is 0 Å². The zero-order valence-electron chi connectivity index (χ0n) is 16.5. The lowest BCUT2D eigenvalue weighted by molar-refractivity contribution is 0.153. The molecule has 4 N–H and O–H groups in total. The Morgan fingerprint density at radius 2 is 1.97 bits per heavy atom. The van der Waals surface area contributed by atoms with Crippen molar-refractivity contribution >= 4 is 29.1 Å². The van der Waals surface area contributed by atoms with E-state index < -0.39 is 0 Å². The van der Waals surface area contributed by atoms with Crippen LogP contribution in [0.25, 0.3) is 0 Å². The van der Waals surface area contributed by atoms with Crippen molar-refractivity contribution in [2.24, 2.45) is 0 Å². The number of benzene rings is 1. The van der Waals surface area contributed by atoms with E-state index in [0.717, 1.165) is 39.1 Å². The molecule has 2 amide bonds. The van der Waals surface area contributed by atoms with Crippen molar-refractivity contribution in [1.82, 2.24) is 20.1 Å². The van der Waals surface area contributed by atoms with Crippen LogP contribution in [-0.4, -0.2) is 67.1 Å². The van der Waals surface area contributed by atoms with Gasteiger partial charge in [0.05, 0.1) is 10.7 Å². The number of pyridine rings is 1. The normalized spacial score (nSPS) is 15.1. The topological polar surface area (TPSA) is 95.8 Å². The Morgan fingerprint density at radius 3 is 2.72 bits per heavy atom. The first-order valence-corrected chi connectivity index (χ1v) is 10.0. The van der Waals surface area contributed by atoms with Gasteiger partial charge in [-0.3, -0.25) is 5.32 Å². The summed E-state index contributed by atoms with van der Waals surface area (Å²) in [5.74, 6) is 1.49. The van der Waals surface area contributed by atoms with Crippen LogP contribution in [0.2, 0.25) is 5.02 Å². The largest absolute Gasteiger partial charge is 0.457 e. The van der Waals surface area contributed by atoms with Crippen LogP contribution in [0.1, 0.15) is 6.42 Å².